The molecule has 0 spiro atoms. The van der Waals surface area contributed by atoms with Gasteiger partial charge < -0.3 is 48.1 Å². The van der Waals surface area contributed by atoms with E-state index in [-0.39, 0.29) is 41.5 Å². The standard InChI is InChI=1S/C22H28N12O7S2/c1-22(2,19(39)40)41-30-10(14-29-21(26)43-31-14)15(35)28-11-16(36)34-12(18(37)38)9(7-42-17(11)34)6-33-5-8(4-27-20(24)25)13(23)32(33)3/h5,11,17,23H,4,6-7H2,1-3H3,(H9,24,25,26,27,28,29,31,35,37,38,39,40)/b30-10-/t11-,17-/m1/s1. The number of carbonyl (C=O) groups excluding carboxylic acids is 3. The molecule has 0 saturated carbocycles. The molecule has 2 aliphatic heterocycles. The second kappa shape index (κ2) is 11.8. The number of carbonyl (C=O) groups is 4. The van der Waals surface area contributed by atoms with E-state index in [2.05, 4.69) is 24.8 Å². The lowest BCUT2D eigenvalue weighted by Crippen LogP contribution is -2.71. The Kier molecular flexibility index (Phi) is 8.48. The zero-order chi connectivity index (χ0) is 31.8. The smallest absolute Gasteiger partial charge is 0.350 e. The normalized spacial score (nSPS) is 18.5. The molecule has 10 N–H and O–H groups in total. The second-order valence-electron chi connectivity index (χ2n) is 9.81. The number of thioether (sulfide) groups is 1. The van der Waals surface area contributed by atoms with Gasteiger partial charge in [-0.15, -0.1) is 21.1 Å². The zero-order valence-corrected chi connectivity index (χ0v) is 24.6. The minimum Gasteiger partial charge on any atom is -0.543 e. The van der Waals surface area contributed by atoms with E-state index in [1.54, 1.807) is 22.6 Å². The maximum Gasteiger partial charge on any atom is 0.350 e. The Balaban J connectivity index is 1.56. The molecule has 0 aliphatic carbocycles. The highest BCUT2D eigenvalue weighted by Crippen LogP contribution is 2.40. The summed E-state index contributed by atoms with van der Waals surface area (Å²) in [5.41, 5.74) is 20.8. The van der Waals surface area contributed by atoms with Crippen molar-refractivity contribution in [3.05, 3.63) is 28.9 Å². The maximum atomic E-state index is 13.2. The Morgan fingerprint density at radius 3 is 2.60 bits per heavy atom. The lowest BCUT2D eigenvalue weighted by atomic mass is 10.0. The van der Waals surface area contributed by atoms with Crippen LogP contribution in [0, 0.1) is 0 Å². The predicted molar refractivity (Wildman–Crippen MR) is 150 cm³/mol. The number of aliphatic imine (C=N–C) groups is 1. The SMILES string of the molecule is Cn1c(N)c(CN=C(N)N)c[n+]1CC1=C(C(=O)[O-])N2C(=O)[C@@H](NC(=O)/C(=N\OC(C)(C)C(=O)O)c3nsc(N)n3)[C@H]2SC1. The van der Waals surface area contributed by atoms with Crippen molar-refractivity contribution >= 4 is 69.7 Å². The molecule has 19 nitrogen and oxygen atoms in total. The van der Waals surface area contributed by atoms with Gasteiger partial charge in [0.25, 0.3) is 11.8 Å². The van der Waals surface area contributed by atoms with Gasteiger partial charge in [-0.05, 0) is 13.8 Å². The van der Waals surface area contributed by atoms with Crippen molar-refractivity contribution in [3.8, 4) is 0 Å². The first-order chi connectivity index (χ1) is 20.1. The quantitative estimate of drug-likeness (QED) is 0.0448. The predicted octanol–water partition coefficient (Wildman–Crippen LogP) is -4.21. The highest BCUT2D eigenvalue weighted by Gasteiger charge is 2.53. The Bertz CT molecular complexity index is 1590. The molecule has 2 aromatic rings. The van der Waals surface area contributed by atoms with Gasteiger partial charge in [0.15, 0.2) is 23.5 Å². The third kappa shape index (κ3) is 6.16. The molecular formula is C22H28N12O7S2. The van der Waals surface area contributed by atoms with Crippen LogP contribution in [0.5, 0.6) is 0 Å². The number of fused-ring (bicyclic) bond motifs is 1. The van der Waals surface area contributed by atoms with Crippen LogP contribution < -0.4 is 38.0 Å². The fourth-order valence-electron chi connectivity index (χ4n) is 4.04. The Morgan fingerprint density at radius 2 is 2.02 bits per heavy atom. The fourth-order valence-corrected chi connectivity index (χ4v) is 5.81. The number of carboxylic acids is 2. The number of guanidine groups is 1. The zero-order valence-electron chi connectivity index (χ0n) is 23.0. The van der Waals surface area contributed by atoms with Gasteiger partial charge in [0.05, 0.1) is 30.8 Å². The van der Waals surface area contributed by atoms with E-state index in [4.69, 9.17) is 27.8 Å². The highest BCUT2D eigenvalue weighted by atomic mass is 32.2. The number of nitrogens with zero attached hydrogens (tertiary/aromatic N) is 7. The molecular weight excluding hydrogens is 608 g/mol. The summed E-state index contributed by atoms with van der Waals surface area (Å²) in [5, 5.41) is 26.9. The summed E-state index contributed by atoms with van der Waals surface area (Å²) in [4.78, 5) is 64.0. The number of rotatable bonds is 11. The lowest BCUT2D eigenvalue weighted by Gasteiger charge is -2.50. The van der Waals surface area contributed by atoms with Crippen LogP contribution in [0.25, 0.3) is 0 Å². The maximum absolute atomic E-state index is 13.2. The number of hydrogen-bond donors (Lipinski definition) is 6. The average Bonchev–Trinajstić information content (AvgIpc) is 3.47. The minimum absolute atomic E-state index is 0.000740. The number of nitrogen functional groups attached to an aromatic ring is 2. The van der Waals surface area contributed by atoms with Gasteiger partial charge in [-0.1, -0.05) is 5.16 Å². The van der Waals surface area contributed by atoms with Crippen molar-refractivity contribution in [2.75, 3.05) is 17.2 Å². The molecule has 2 aromatic heterocycles. The van der Waals surface area contributed by atoms with Crippen molar-refractivity contribution in [2.45, 2.75) is 44.0 Å². The highest BCUT2D eigenvalue weighted by molar-refractivity contribution is 8.00. The molecule has 0 aromatic carbocycles. The molecule has 0 bridgehead atoms. The van der Waals surface area contributed by atoms with E-state index in [1.165, 1.54) is 25.6 Å². The van der Waals surface area contributed by atoms with Crippen LogP contribution >= 0.6 is 23.3 Å². The molecule has 4 rings (SSSR count). The number of hydrogen-bond acceptors (Lipinski definition) is 14. The Hall–Kier alpha value is -4.92. The molecule has 1 fully saturated rings. The number of nitrogens with one attached hydrogen (secondary N) is 1. The van der Waals surface area contributed by atoms with E-state index >= 15 is 0 Å². The number of anilines is 2. The number of carboxylic acid groups (broad SMARTS) is 2. The number of nitrogens with two attached hydrogens (primary N) is 4. The lowest BCUT2D eigenvalue weighted by molar-refractivity contribution is -0.765. The van der Waals surface area contributed by atoms with Gasteiger partial charge in [0.2, 0.25) is 23.3 Å². The van der Waals surface area contributed by atoms with Gasteiger partial charge in [-0.2, -0.15) is 9.36 Å². The molecule has 230 valence electrons. The van der Waals surface area contributed by atoms with Gasteiger partial charge in [0, 0.05) is 22.9 Å². The van der Waals surface area contributed by atoms with Crippen molar-refractivity contribution in [3.63, 3.8) is 0 Å². The summed E-state index contributed by atoms with van der Waals surface area (Å²) >= 11 is 1.97. The van der Waals surface area contributed by atoms with E-state index in [9.17, 15) is 29.4 Å². The third-order valence-corrected chi connectivity index (χ3v) is 8.31. The molecule has 1 saturated heterocycles. The average molecular weight is 637 g/mol. The number of oxime groups is 1. The monoisotopic (exact) mass is 636 g/mol. The van der Waals surface area contributed by atoms with E-state index < -0.39 is 46.5 Å². The van der Waals surface area contributed by atoms with Crippen molar-refractivity contribution in [2.24, 2.45) is 28.7 Å². The molecule has 4 heterocycles. The van der Waals surface area contributed by atoms with E-state index in [0.29, 0.717) is 17.0 Å². The van der Waals surface area contributed by atoms with Crippen LogP contribution in [0.2, 0.25) is 0 Å². The van der Waals surface area contributed by atoms with E-state index in [1.807, 2.05) is 0 Å². The van der Waals surface area contributed by atoms with Crippen LogP contribution in [-0.4, -0.2) is 82.2 Å². The number of amides is 2. The minimum atomic E-state index is -1.81. The summed E-state index contributed by atoms with van der Waals surface area (Å²) in [6.45, 7) is 2.58. The van der Waals surface area contributed by atoms with Gasteiger partial charge in [0.1, 0.15) is 11.4 Å². The first kappa shape index (κ1) is 31.0. The molecule has 0 unspecified atom stereocenters. The van der Waals surface area contributed by atoms with Crippen LogP contribution in [0.3, 0.4) is 0 Å². The van der Waals surface area contributed by atoms with Gasteiger partial charge in [-0.25, -0.2) is 9.79 Å². The first-order valence-electron chi connectivity index (χ1n) is 12.3. The Labute approximate surface area is 251 Å². The van der Waals surface area contributed by atoms with Crippen LogP contribution in [-0.2, 0) is 44.2 Å². The summed E-state index contributed by atoms with van der Waals surface area (Å²) in [6, 6.07) is -1.16. The number of β-lactam (4-membered cyclic amide) rings is 1. The molecule has 21 heteroatoms. The number of aliphatic carboxylic acids is 2. The van der Waals surface area contributed by atoms with Crippen LogP contribution in [0.15, 0.2) is 27.6 Å². The number of aromatic nitrogens is 4. The van der Waals surface area contributed by atoms with Crippen molar-refractivity contribution in [1.29, 1.82) is 0 Å². The summed E-state index contributed by atoms with van der Waals surface area (Å²) in [5.74, 6) is -4.46. The van der Waals surface area contributed by atoms with Gasteiger partial charge in [-0.3, -0.25) is 14.5 Å². The molecule has 0 radical (unpaired) electrons. The molecule has 2 atom stereocenters. The topological polar surface area (TPSA) is 299 Å². The molecule has 43 heavy (non-hydrogen) atoms. The molecule has 2 aliphatic rings. The Morgan fingerprint density at radius 1 is 1.33 bits per heavy atom. The summed E-state index contributed by atoms with van der Waals surface area (Å²) < 4.78 is 7.14. The molecule has 2 amide bonds. The first-order valence-corrected chi connectivity index (χ1v) is 14.1. The largest absolute Gasteiger partial charge is 0.543 e. The van der Waals surface area contributed by atoms with Crippen LogP contribution in [0.4, 0.5) is 10.9 Å². The second-order valence-corrected chi connectivity index (χ2v) is 11.7. The van der Waals surface area contributed by atoms with Crippen molar-refractivity contribution in [1.82, 2.24) is 24.3 Å². The summed E-state index contributed by atoms with van der Waals surface area (Å²) in [7, 11) is 1.66. The van der Waals surface area contributed by atoms with Crippen molar-refractivity contribution < 1.29 is 38.9 Å². The van der Waals surface area contributed by atoms with E-state index in [0.717, 1.165) is 16.4 Å². The van der Waals surface area contributed by atoms with Gasteiger partial charge >= 0.3 is 5.97 Å². The fraction of sp³-hybridized carbons (Fsp3) is 0.409. The summed E-state index contributed by atoms with van der Waals surface area (Å²) in [6.07, 6.45) is 1.66. The third-order valence-electron chi connectivity index (χ3n) is 6.43. The van der Waals surface area contributed by atoms with Crippen LogP contribution in [0.1, 0.15) is 25.2 Å².